The average Bonchev–Trinajstić information content (AvgIpc) is 3.29. The molecule has 0 aromatic carbocycles. The lowest BCUT2D eigenvalue weighted by atomic mass is 9.66. The molecule has 2 amide bonds. The van der Waals surface area contributed by atoms with Gasteiger partial charge in [0, 0.05) is 23.4 Å². The minimum atomic E-state index is -0.754. The number of amides is 2. The summed E-state index contributed by atoms with van der Waals surface area (Å²) in [5.41, 5.74) is -0.506. The first-order valence-electron chi connectivity index (χ1n) is 12.5. The maximum absolute atomic E-state index is 14.4. The quantitative estimate of drug-likeness (QED) is 0.361. The molecule has 3 saturated heterocycles. The van der Waals surface area contributed by atoms with Gasteiger partial charge in [0.25, 0.3) is 0 Å². The second-order valence-corrected chi connectivity index (χ2v) is 14.1. The number of fused-ring (bicyclic) bond motifs is 1. The number of hydrogen-bond donors (Lipinski definition) is 1. The zero-order valence-electron chi connectivity index (χ0n) is 22.1. The number of carbonyl (C=O) groups is 3. The van der Waals surface area contributed by atoms with E-state index in [-0.39, 0.29) is 37.0 Å². The van der Waals surface area contributed by atoms with Gasteiger partial charge >= 0.3 is 5.97 Å². The van der Waals surface area contributed by atoms with Gasteiger partial charge in [-0.2, -0.15) is 0 Å². The van der Waals surface area contributed by atoms with Crippen LogP contribution in [0.2, 0.25) is 0 Å². The maximum Gasteiger partial charge on any atom is 0.311 e. The zero-order chi connectivity index (χ0) is 26.4. The van der Waals surface area contributed by atoms with Crippen LogP contribution in [0, 0.1) is 17.3 Å². The van der Waals surface area contributed by atoms with E-state index in [0.717, 1.165) is 12.8 Å². The van der Waals surface area contributed by atoms with Crippen molar-refractivity contribution in [3.63, 3.8) is 0 Å². The van der Waals surface area contributed by atoms with Crippen LogP contribution in [-0.2, 0) is 19.1 Å². The van der Waals surface area contributed by atoms with E-state index in [0.29, 0.717) is 13.0 Å². The molecule has 5 atom stereocenters. The summed E-state index contributed by atoms with van der Waals surface area (Å²) in [6.07, 6.45) is 5.38. The molecule has 8 heteroatoms. The highest BCUT2D eigenvalue weighted by Crippen LogP contribution is 2.71. The van der Waals surface area contributed by atoms with Gasteiger partial charge < -0.3 is 19.6 Å². The number of likely N-dealkylation sites (tertiary alicyclic amines) is 1. The number of ether oxygens (including phenoxy) is 1. The minimum absolute atomic E-state index is 0.0195. The van der Waals surface area contributed by atoms with Crippen LogP contribution in [0.1, 0.15) is 60.8 Å². The second kappa shape index (κ2) is 9.58. The van der Waals surface area contributed by atoms with E-state index >= 15 is 0 Å². The van der Waals surface area contributed by atoms with Crippen molar-refractivity contribution < 1.29 is 24.2 Å². The maximum atomic E-state index is 14.4. The Morgan fingerprint density at radius 3 is 2.43 bits per heavy atom. The predicted octanol–water partition coefficient (Wildman–Crippen LogP) is 3.42. The van der Waals surface area contributed by atoms with Gasteiger partial charge in [-0.05, 0) is 45.4 Å². The molecule has 0 radical (unpaired) electrons. The molecule has 3 rings (SSSR count). The van der Waals surface area contributed by atoms with Crippen molar-refractivity contribution >= 4 is 29.5 Å². The number of carbonyl (C=O) groups excluding carboxylic acids is 3. The standard InChI is InChI=1S/C27H42N2O5S/c1-9-13-29(25(6,7)17-24(3,4)5)22(32)20-27-12-11-26(8,35-27)19(23(33)34-16-10-2)18(27)21(31)28(20)14-15-30/h9-10,18-20,30H,1-2,11-17H2,3-8H3/t18-,19+,20?,26-,27?/m0/s1. The lowest BCUT2D eigenvalue weighted by molar-refractivity contribution is -0.154. The largest absolute Gasteiger partial charge is 0.461 e. The molecule has 2 bridgehead atoms. The summed E-state index contributed by atoms with van der Waals surface area (Å²) in [7, 11) is 0. The summed E-state index contributed by atoms with van der Waals surface area (Å²) < 4.78 is 4.22. The summed E-state index contributed by atoms with van der Waals surface area (Å²) in [6, 6.07) is -0.754. The molecule has 1 spiro atoms. The van der Waals surface area contributed by atoms with Gasteiger partial charge in [-0.25, -0.2) is 0 Å². The Bertz CT molecular complexity index is 896. The van der Waals surface area contributed by atoms with Crippen molar-refractivity contribution in [3.05, 3.63) is 25.3 Å². The van der Waals surface area contributed by atoms with Crippen LogP contribution in [0.15, 0.2) is 25.3 Å². The first-order valence-corrected chi connectivity index (χ1v) is 13.3. The molecule has 196 valence electrons. The number of rotatable bonds is 10. The first kappa shape index (κ1) is 27.8. The molecule has 3 fully saturated rings. The Morgan fingerprint density at radius 1 is 1.23 bits per heavy atom. The van der Waals surface area contributed by atoms with Crippen LogP contribution in [0.25, 0.3) is 0 Å². The molecular weight excluding hydrogens is 464 g/mol. The third kappa shape index (κ3) is 4.68. The fraction of sp³-hybridized carbons (Fsp3) is 0.741. The Balaban J connectivity index is 2.07. The molecule has 0 aliphatic carbocycles. The molecule has 0 aromatic rings. The average molecular weight is 507 g/mol. The van der Waals surface area contributed by atoms with Crippen LogP contribution in [0.3, 0.4) is 0 Å². The highest BCUT2D eigenvalue weighted by Gasteiger charge is 2.77. The van der Waals surface area contributed by atoms with Crippen molar-refractivity contribution in [1.29, 1.82) is 0 Å². The summed E-state index contributed by atoms with van der Waals surface area (Å²) >= 11 is 1.61. The summed E-state index contributed by atoms with van der Waals surface area (Å²) in [5, 5.41) is 9.83. The number of aliphatic hydroxyl groups is 1. The molecule has 2 unspecified atom stereocenters. The van der Waals surface area contributed by atoms with Crippen molar-refractivity contribution in [3.8, 4) is 0 Å². The smallest absolute Gasteiger partial charge is 0.311 e. The van der Waals surface area contributed by atoms with E-state index in [1.54, 1.807) is 17.8 Å². The second-order valence-electron chi connectivity index (χ2n) is 12.2. The predicted molar refractivity (Wildman–Crippen MR) is 139 cm³/mol. The molecule has 35 heavy (non-hydrogen) atoms. The third-order valence-electron chi connectivity index (χ3n) is 7.72. The third-order valence-corrected chi connectivity index (χ3v) is 9.71. The molecule has 3 heterocycles. The highest BCUT2D eigenvalue weighted by molar-refractivity contribution is 8.02. The van der Waals surface area contributed by atoms with E-state index in [2.05, 4.69) is 47.8 Å². The summed E-state index contributed by atoms with van der Waals surface area (Å²) in [4.78, 5) is 44.8. The van der Waals surface area contributed by atoms with E-state index in [1.165, 1.54) is 11.0 Å². The number of hydrogen-bond acceptors (Lipinski definition) is 6. The topological polar surface area (TPSA) is 87.1 Å². The molecule has 7 nitrogen and oxygen atoms in total. The molecular formula is C27H42N2O5S. The van der Waals surface area contributed by atoms with Crippen molar-refractivity contribution in [2.75, 3.05) is 26.3 Å². The van der Waals surface area contributed by atoms with Gasteiger partial charge in [0.15, 0.2) is 0 Å². The van der Waals surface area contributed by atoms with Gasteiger partial charge in [0.2, 0.25) is 11.8 Å². The molecule has 1 N–H and O–H groups in total. The van der Waals surface area contributed by atoms with Crippen molar-refractivity contribution in [1.82, 2.24) is 9.80 Å². The number of nitrogens with zero attached hydrogens (tertiary/aromatic N) is 2. The number of β-amino-alcohol motifs (C(OH)–C–C–N with tert-alkyl or cyclic N) is 1. The van der Waals surface area contributed by atoms with Crippen molar-refractivity contribution in [2.45, 2.75) is 81.9 Å². The van der Waals surface area contributed by atoms with Crippen LogP contribution >= 0.6 is 11.8 Å². The molecule has 3 aliphatic rings. The fourth-order valence-corrected chi connectivity index (χ4v) is 9.29. The van der Waals surface area contributed by atoms with Crippen LogP contribution in [0.4, 0.5) is 0 Å². The minimum Gasteiger partial charge on any atom is -0.461 e. The van der Waals surface area contributed by atoms with Crippen LogP contribution in [0.5, 0.6) is 0 Å². The van der Waals surface area contributed by atoms with E-state index in [1.807, 2.05) is 11.8 Å². The van der Waals surface area contributed by atoms with Crippen LogP contribution in [-0.4, -0.2) is 80.1 Å². The monoisotopic (exact) mass is 506 g/mol. The summed E-state index contributed by atoms with van der Waals surface area (Å²) in [6.45, 7) is 20.3. The first-order chi connectivity index (χ1) is 16.2. The van der Waals surface area contributed by atoms with Gasteiger partial charge in [-0.15, -0.1) is 18.3 Å². The number of aliphatic hydroxyl groups excluding tert-OH is 1. The van der Waals surface area contributed by atoms with E-state index < -0.39 is 38.9 Å². The lowest BCUT2D eigenvalue weighted by Crippen LogP contribution is -2.60. The van der Waals surface area contributed by atoms with E-state index in [9.17, 15) is 19.5 Å². The Kier molecular flexibility index (Phi) is 7.60. The normalized spacial score (nSPS) is 31.9. The van der Waals surface area contributed by atoms with Gasteiger partial charge in [0.05, 0.1) is 23.2 Å². The lowest BCUT2D eigenvalue weighted by Gasteiger charge is -2.45. The Hall–Kier alpha value is -1.80. The van der Waals surface area contributed by atoms with E-state index in [4.69, 9.17) is 4.74 Å². The van der Waals surface area contributed by atoms with Crippen molar-refractivity contribution in [2.24, 2.45) is 17.3 Å². The Labute approximate surface area is 214 Å². The molecule has 0 aromatic heterocycles. The molecule has 3 aliphatic heterocycles. The molecule has 0 saturated carbocycles. The SMILES string of the molecule is C=CCOC(=O)[C@H]1[C@H]2C(=O)N(CCO)C(C(=O)N(CC=C)C(C)(C)CC(C)(C)C)C23CC[C@]1(C)S3. The Morgan fingerprint density at radius 2 is 1.89 bits per heavy atom. The van der Waals surface area contributed by atoms with Gasteiger partial charge in [-0.1, -0.05) is 39.5 Å². The number of thioether (sulfide) groups is 1. The van der Waals surface area contributed by atoms with Gasteiger partial charge in [0.1, 0.15) is 12.6 Å². The van der Waals surface area contributed by atoms with Gasteiger partial charge in [-0.3, -0.25) is 14.4 Å². The fourth-order valence-electron chi connectivity index (χ4n) is 6.95. The highest BCUT2D eigenvalue weighted by atomic mass is 32.2. The summed E-state index contributed by atoms with van der Waals surface area (Å²) in [5.74, 6) is -2.07. The van der Waals surface area contributed by atoms with Crippen LogP contribution < -0.4 is 0 Å². The number of esters is 1. The zero-order valence-corrected chi connectivity index (χ0v) is 23.0.